The predicted octanol–water partition coefficient (Wildman–Crippen LogP) is 4.66. The Bertz CT molecular complexity index is 1440. The van der Waals surface area contributed by atoms with Gasteiger partial charge in [-0.05, 0) is 70.0 Å². The first-order valence-electron chi connectivity index (χ1n) is 12.5. The van der Waals surface area contributed by atoms with Crippen molar-refractivity contribution in [1.29, 1.82) is 0 Å². The van der Waals surface area contributed by atoms with Gasteiger partial charge in [0.05, 0.1) is 27.6 Å². The van der Waals surface area contributed by atoms with Crippen LogP contribution in [-0.2, 0) is 26.6 Å². The van der Waals surface area contributed by atoms with Crippen LogP contribution in [0.1, 0.15) is 47.7 Å². The molecule has 4 rings (SSSR count). The number of hydrogen-bond donors (Lipinski definition) is 1. The summed E-state index contributed by atoms with van der Waals surface area (Å²) in [6, 6.07) is 7.48. The molecular formula is C27H30F4N4O5S. The summed E-state index contributed by atoms with van der Waals surface area (Å²) in [5.41, 5.74) is 0.274. The van der Waals surface area contributed by atoms with Crippen molar-refractivity contribution in [2.75, 3.05) is 14.1 Å². The number of pyridine rings is 1. The van der Waals surface area contributed by atoms with Crippen LogP contribution >= 0.6 is 0 Å². The van der Waals surface area contributed by atoms with Crippen molar-refractivity contribution < 1.29 is 40.6 Å². The molecule has 1 fully saturated rings. The van der Waals surface area contributed by atoms with Gasteiger partial charge in [-0.1, -0.05) is 18.2 Å². The van der Waals surface area contributed by atoms with Crippen LogP contribution in [0, 0.1) is 12.7 Å². The van der Waals surface area contributed by atoms with Crippen molar-refractivity contribution in [3.8, 4) is 5.88 Å². The fraction of sp³-hybridized carbons (Fsp3) is 0.407. The van der Waals surface area contributed by atoms with Gasteiger partial charge in [0.15, 0.2) is 15.7 Å². The van der Waals surface area contributed by atoms with E-state index in [-0.39, 0.29) is 40.6 Å². The van der Waals surface area contributed by atoms with Gasteiger partial charge in [-0.15, -0.1) is 0 Å². The molecule has 2 aromatic heterocycles. The van der Waals surface area contributed by atoms with Crippen molar-refractivity contribution in [3.63, 3.8) is 0 Å². The molecule has 41 heavy (non-hydrogen) atoms. The quantitative estimate of drug-likeness (QED) is 0.306. The summed E-state index contributed by atoms with van der Waals surface area (Å²) in [6.45, 7) is 1.22. The third kappa shape index (κ3) is 8.19. The van der Waals surface area contributed by atoms with Gasteiger partial charge >= 0.3 is 6.18 Å². The van der Waals surface area contributed by atoms with Crippen LogP contribution in [0.25, 0.3) is 0 Å². The van der Waals surface area contributed by atoms with Crippen LogP contribution in [0.5, 0.6) is 5.88 Å². The molecular weight excluding hydrogens is 568 g/mol. The number of carboxylic acid groups (broad SMARTS) is 1. The summed E-state index contributed by atoms with van der Waals surface area (Å²) < 4.78 is 86.5. The average Bonchev–Trinajstić information content (AvgIpc) is 2.91. The minimum Gasteiger partial charge on any atom is -0.483 e. The zero-order valence-corrected chi connectivity index (χ0v) is 23.4. The summed E-state index contributed by atoms with van der Waals surface area (Å²) in [7, 11) is -0.276. The maximum atomic E-state index is 15.1. The monoisotopic (exact) mass is 598 g/mol. The molecule has 1 aliphatic carbocycles. The van der Waals surface area contributed by atoms with E-state index < -0.39 is 39.3 Å². The van der Waals surface area contributed by atoms with Crippen LogP contribution in [-0.4, -0.2) is 66.1 Å². The van der Waals surface area contributed by atoms with E-state index in [9.17, 15) is 21.6 Å². The number of alkyl halides is 3. The number of carbonyl (C=O) groups is 1. The average molecular weight is 599 g/mol. The smallest absolute Gasteiger partial charge is 0.416 e. The van der Waals surface area contributed by atoms with E-state index >= 15 is 4.39 Å². The molecule has 1 saturated carbocycles. The lowest BCUT2D eigenvalue weighted by molar-refractivity contribution is -0.137. The number of halogens is 4. The molecule has 14 heteroatoms. The first kappa shape index (κ1) is 31.9. The third-order valence-corrected chi connectivity index (χ3v) is 8.53. The molecule has 0 saturated heterocycles. The van der Waals surface area contributed by atoms with Crippen LogP contribution in [0.15, 0.2) is 53.8 Å². The fourth-order valence-electron chi connectivity index (χ4n) is 4.83. The molecule has 3 atom stereocenters. The highest BCUT2D eigenvalue weighted by molar-refractivity contribution is 7.90. The molecule has 3 aromatic rings. The van der Waals surface area contributed by atoms with E-state index in [1.165, 1.54) is 37.6 Å². The maximum absolute atomic E-state index is 15.1. The van der Waals surface area contributed by atoms with E-state index in [1.54, 1.807) is 6.07 Å². The van der Waals surface area contributed by atoms with Crippen molar-refractivity contribution in [2.24, 2.45) is 0 Å². The molecule has 9 nitrogen and oxygen atoms in total. The van der Waals surface area contributed by atoms with Crippen LogP contribution in [0.3, 0.4) is 0 Å². The molecule has 0 unspecified atom stereocenters. The topological polar surface area (TPSA) is 123 Å². The number of ether oxygens (including phenoxy) is 1. The molecule has 2 heterocycles. The minimum atomic E-state index is -4.42. The largest absolute Gasteiger partial charge is 0.483 e. The number of likely N-dealkylation sites (N-methyl/N-ethyl adjacent to an activating group) is 1. The number of rotatable bonds is 7. The van der Waals surface area contributed by atoms with Gasteiger partial charge in [0.2, 0.25) is 0 Å². The van der Waals surface area contributed by atoms with Gasteiger partial charge in [0.25, 0.3) is 12.4 Å². The van der Waals surface area contributed by atoms with Gasteiger partial charge < -0.3 is 14.7 Å². The van der Waals surface area contributed by atoms with E-state index in [0.29, 0.717) is 24.8 Å². The highest BCUT2D eigenvalue weighted by atomic mass is 32.2. The Morgan fingerprint density at radius 2 is 1.88 bits per heavy atom. The fourth-order valence-corrected chi connectivity index (χ4v) is 6.32. The predicted molar refractivity (Wildman–Crippen MR) is 140 cm³/mol. The summed E-state index contributed by atoms with van der Waals surface area (Å²) in [5, 5.41) is 6.89. The number of benzene rings is 1. The van der Waals surface area contributed by atoms with Gasteiger partial charge in [0.1, 0.15) is 12.4 Å². The summed E-state index contributed by atoms with van der Waals surface area (Å²) >= 11 is 0. The number of aromatic nitrogens is 3. The van der Waals surface area contributed by atoms with Crippen LogP contribution in [0.4, 0.5) is 17.6 Å². The van der Waals surface area contributed by atoms with Crippen molar-refractivity contribution in [3.05, 3.63) is 77.3 Å². The number of hydrogen-bond acceptors (Lipinski definition) is 8. The lowest BCUT2D eigenvalue weighted by atomic mass is 9.79. The van der Waals surface area contributed by atoms with E-state index in [2.05, 4.69) is 15.0 Å². The zero-order valence-electron chi connectivity index (χ0n) is 22.5. The van der Waals surface area contributed by atoms with Gasteiger partial charge in [-0.25, -0.2) is 27.8 Å². The molecule has 0 bridgehead atoms. The van der Waals surface area contributed by atoms with Gasteiger partial charge in [-0.2, -0.15) is 13.2 Å². The third-order valence-electron chi connectivity index (χ3n) is 6.77. The lowest BCUT2D eigenvalue weighted by Crippen LogP contribution is -2.46. The molecule has 222 valence electrons. The molecule has 1 aliphatic rings. The Morgan fingerprint density at radius 1 is 1.17 bits per heavy atom. The van der Waals surface area contributed by atoms with E-state index in [4.69, 9.17) is 14.6 Å². The Kier molecular flexibility index (Phi) is 10.4. The highest BCUT2D eigenvalue weighted by Crippen LogP contribution is 2.39. The number of aryl methyl sites for hydroxylation is 1. The molecule has 0 radical (unpaired) electrons. The Morgan fingerprint density at radius 3 is 2.49 bits per heavy atom. The Labute approximate surface area is 235 Å². The molecule has 1 aromatic carbocycles. The van der Waals surface area contributed by atoms with Crippen molar-refractivity contribution >= 4 is 16.3 Å². The second-order valence-corrected chi connectivity index (χ2v) is 11.7. The summed E-state index contributed by atoms with van der Waals surface area (Å²) in [6.07, 6.45) is -0.755. The second-order valence-electron chi connectivity index (χ2n) is 9.74. The van der Waals surface area contributed by atoms with E-state index in [0.717, 1.165) is 12.1 Å². The SMILES string of the molecule is Cc1nc(O[C@H]2CC[C@H](c3cccc(C(F)(F)F)c3)C[C@@H]2N(C)C)c(F)cc1S(=O)(=O)Cc1ccncn1.O=CO. The summed E-state index contributed by atoms with van der Waals surface area (Å²) in [4.78, 5) is 21.8. The number of nitrogens with zero attached hydrogens (tertiary/aromatic N) is 4. The Balaban J connectivity index is 0.00000147. The zero-order chi connectivity index (χ0) is 30.4. The van der Waals surface area contributed by atoms with Crippen LogP contribution in [0.2, 0.25) is 0 Å². The maximum Gasteiger partial charge on any atom is 0.416 e. The van der Waals surface area contributed by atoms with Crippen LogP contribution < -0.4 is 4.74 Å². The lowest BCUT2D eigenvalue weighted by Gasteiger charge is -2.39. The summed E-state index contributed by atoms with van der Waals surface area (Å²) in [5.74, 6) is -1.77. The Hall–Kier alpha value is -3.65. The van der Waals surface area contributed by atoms with Gasteiger partial charge in [-0.3, -0.25) is 4.79 Å². The first-order chi connectivity index (χ1) is 19.3. The highest BCUT2D eigenvalue weighted by Gasteiger charge is 2.37. The second kappa shape index (κ2) is 13.3. The number of sulfone groups is 1. The molecule has 0 amide bonds. The minimum absolute atomic E-state index is 0.0921. The van der Waals surface area contributed by atoms with Crippen molar-refractivity contribution in [2.45, 2.75) is 61.1 Å². The molecule has 1 N–H and O–H groups in total. The standard InChI is InChI=1S/C26H28F4N4O3S.CH2O2/c1-16-24(38(35,36)14-20-9-10-31-15-32-20)13-21(27)25(33-16)37-23-8-7-18(12-22(23)34(2)3)17-5-4-6-19(11-17)26(28,29)30;2-1-3/h4-6,9-11,13,15,18,22-23H,7-8,12,14H2,1-3H3;1H,(H,2,3)/t18-,22-,23-;/m0./s1. The first-order valence-corrected chi connectivity index (χ1v) is 14.1. The van der Waals surface area contributed by atoms with Gasteiger partial charge in [0, 0.05) is 12.2 Å². The van der Waals surface area contributed by atoms with Crippen molar-refractivity contribution in [1.82, 2.24) is 19.9 Å². The van der Waals surface area contributed by atoms with E-state index in [1.807, 2.05) is 19.0 Å². The molecule has 0 spiro atoms. The normalized spacial score (nSPS) is 19.3. The molecule has 0 aliphatic heterocycles.